The van der Waals surface area contributed by atoms with Gasteiger partial charge in [0, 0.05) is 17.1 Å². The maximum Gasteiger partial charge on any atom is 0.319 e. The molecule has 4 heteroatoms. The van der Waals surface area contributed by atoms with Crippen molar-refractivity contribution in [2.45, 2.75) is 34.2 Å². The largest absolute Gasteiger partial charge is 0.465 e. The van der Waals surface area contributed by atoms with Gasteiger partial charge in [-0.05, 0) is 45.4 Å². The van der Waals surface area contributed by atoms with Gasteiger partial charge in [-0.3, -0.25) is 9.59 Å². The lowest BCUT2D eigenvalue weighted by Crippen LogP contribution is -2.37. The van der Waals surface area contributed by atoms with Gasteiger partial charge in [0.15, 0.2) is 5.78 Å². The highest BCUT2D eigenvalue weighted by Gasteiger charge is 2.37. The summed E-state index contributed by atoms with van der Waals surface area (Å²) in [6.07, 6.45) is 1.89. The number of hydrogen-bond donors (Lipinski definition) is 0. The minimum Gasteiger partial charge on any atom is -0.465 e. The fourth-order valence-electron chi connectivity index (χ4n) is 2.29. The zero-order valence-electron chi connectivity index (χ0n) is 13.0. The fraction of sp³-hybridized carbons (Fsp3) is 0.412. The lowest BCUT2D eigenvalue weighted by atomic mass is 9.88. The van der Waals surface area contributed by atoms with E-state index in [4.69, 9.17) is 4.74 Å². The van der Waals surface area contributed by atoms with Crippen LogP contribution in [-0.2, 0) is 20.9 Å². The second-order valence-corrected chi connectivity index (χ2v) is 5.72. The van der Waals surface area contributed by atoms with Crippen molar-refractivity contribution in [1.29, 1.82) is 0 Å². The second-order valence-electron chi connectivity index (χ2n) is 5.72. The quantitative estimate of drug-likeness (QED) is 0.627. The Morgan fingerprint density at radius 3 is 2.62 bits per heavy atom. The Labute approximate surface area is 124 Å². The van der Waals surface area contributed by atoms with Crippen LogP contribution in [0.15, 0.2) is 30.5 Å². The summed E-state index contributed by atoms with van der Waals surface area (Å²) in [6.45, 7) is 7.45. The summed E-state index contributed by atoms with van der Waals surface area (Å²) < 4.78 is 6.87. The zero-order chi connectivity index (χ0) is 15.6. The van der Waals surface area contributed by atoms with Crippen molar-refractivity contribution >= 4 is 22.7 Å². The number of ether oxygens (including phenoxy) is 1. The molecule has 0 fully saturated rings. The van der Waals surface area contributed by atoms with Crippen LogP contribution >= 0.6 is 0 Å². The molecule has 0 atom stereocenters. The van der Waals surface area contributed by atoms with E-state index in [2.05, 4.69) is 0 Å². The third-order valence-electron chi connectivity index (χ3n) is 3.83. The molecule has 0 amide bonds. The van der Waals surface area contributed by atoms with Crippen LogP contribution in [0.3, 0.4) is 0 Å². The molecule has 112 valence electrons. The highest BCUT2D eigenvalue weighted by atomic mass is 16.5. The summed E-state index contributed by atoms with van der Waals surface area (Å²) in [5.74, 6) is -0.623. The number of fused-ring (bicyclic) bond motifs is 1. The molecule has 2 aromatic rings. The molecular weight excluding hydrogens is 266 g/mol. The Bertz CT molecular complexity index is 682. The van der Waals surface area contributed by atoms with E-state index in [-0.39, 0.29) is 18.9 Å². The van der Waals surface area contributed by atoms with Gasteiger partial charge in [-0.15, -0.1) is 0 Å². The number of nitrogens with zero attached hydrogens (tertiary/aromatic N) is 1. The monoisotopic (exact) mass is 287 g/mol. The van der Waals surface area contributed by atoms with Gasteiger partial charge < -0.3 is 9.30 Å². The van der Waals surface area contributed by atoms with Gasteiger partial charge in [0.05, 0.1) is 13.2 Å². The number of carbonyl (C=O) groups is 2. The van der Waals surface area contributed by atoms with E-state index >= 15 is 0 Å². The molecule has 0 saturated carbocycles. The molecular formula is C17H21NO3. The number of rotatable bonds is 5. The van der Waals surface area contributed by atoms with Gasteiger partial charge in [0.1, 0.15) is 5.41 Å². The lowest BCUT2D eigenvalue weighted by molar-refractivity contribution is -0.158. The molecule has 1 aromatic carbocycles. The molecule has 4 nitrogen and oxygen atoms in total. The van der Waals surface area contributed by atoms with Crippen LogP contribution in [0.5, 0.6) is 0 Å². The predicted molar refractivity (Wildman–Crippen MR) is 82.1 cm³/mol. The first-order valence-electron chi connectivity index (χ1n) is 7.13. The van der Waals surface area contributed by atoms with E-state index in [1.165, 1.54) is 5.56 Å². The van der Waals surface area contributed by atoms with Crippen LogP contribution in [-0.4, -0.2) is 22.9 Å². The summed E-state index contributed by atoms with van der Waals surface area (Å²) in [6, 6.07) is 7.98. The highest BCUT2D eigenvalue weighted by molar-refractivity contribution is 6.03. The Morgan fingerprint density at radius 2 is 1.95 bits per heavy atom. The molecule has 0 bridgehead atoms. The molecule has 0 N–H and O–H groups in total. The Morgan fingerprint density at radius 1 is 1.24 bits per heavy atom. The van der Waals surface area contributed by atoms with Crippen molar-refractivity contribution in [2.24, 2.45) is 5.41 Å². The number of benzene rings is 1. The number of hydrogen-bond acceptors (Lipinski definition) is 3. The Kier molecular flexibility index (Phi) is 4.16. The first kappa shape index (κ1) is 15.3. The molecule has 0 aliphatic carbocycles. The molecule has 1 heterocycles. The maximum atomic E-state index is 12.5. The van der Waals surface area contributed by atoms with Gasteiger partial charge in [-0.25, -0.2) is 0 Å². The van der Waals surface area contributed by atoms with Gasteiger partial charge in [-0.2, -0.15) is 0 Å². The number of aromatic nitrogens is 1. The number of Topliss-reactive ketones (excluding diaryl/α,β-unsaturated/α-hetero) is 1. The Balaban J connectivity index is 2.26. The zero-order valence-corrected chi connectivity index (χ0v) is 13.0. The predicted octanol–water partition coefficient (Wildman–Crippen LogP) is 3.11. The van der Waals surface area contributed by atoms with Crippen molar-refractivity contribution in [3.63, 3.8) is 0 Å². The van der Waals surface area contributed by atoms with Gasteiger partial charge >= 0.3 is 5.97 Å². The van der Waals surface area contributed by atoms with Crippen LogP contribution in [0.2, 0.25) is 0 Å². The molecule has 2 rings (SSSR count). The molecule has 0 radical (unpaired) electrons. The molecule has 1 aromatic heterocycles. The lowest BCUT2D eigenvalue weighted by Gasteiger charge is -2.21. The summed E-state index contributed by atoms with van der Waals surface area (Å²) in [7, 11) is 0. The van der Waals surface area contributed by atoms with E-state index in [0.717, 1.165) is 10.9 Å². The van der Waals surface area contributed by atoms with Crippen molar-refractivity contribution in [3.05, 3.63) is 36.0 Å². The maximum absolute atomic E-state index is 12.5. The SMILES string of the molecule is CCOC(=O)C(C)(C)C(=O)Cn1ccc2c(C)cccc21. The van der Waals surface area contributed by atoms with Crippen LogP contribution in [0.25, 0.3) is 10.9 Å². The normalized spacial score (nSPS) is 11.6. The van der Waals surface area contributed by atoms with E-state index in [9.17, 15) is 9.59 Å². The second kappa shape index (κ2) is 5.72. The van der Waals surface area contributed by atoms with Crippen LogP contribution < -0.4 is 0 Å². The van der Waals surface area contributed by atoms with E-state index in [0.29, 0.717) is 0 Å². The summed E-state index contributed by atoms with van der Waals surface area (Å²) >= 11 is 0. The Hall–Kier alpha value is -2.10. The topological polar surface area (TPSA) is 48.3 Å². The van der Waals surface area contributed by atoms with E-state index in [1.807, 2.05) is 42.0 Å². The highest BCUT2D eigenvalue weighted by Crippen LogP contribution is 2.23. The minimum absolute atomic E-state index is 0.153. The molecule has 0 spiro atoms. The van der Waals surface area contributed by atoms with Crippen LogP contribution in [0, 0.1) is 12.3 Å². The standard InChI is InChI=1S/C17H21NO3/c1-5-21-16(20)17(3,4)15(19)11-18-10-9-13-12(2)7-6-8-14(13)18/h6-10H,5,11H2,1-4H3. The van der Waals surface area contributed by atoms with Crippen LogP contribution in [0.4, 0.5) is 0 Å². The molecule has 0 saturated heterocycles. The van der Waals surface area contributed by atoms with Gasteiger partial charge in [0.2, 0.25) is 0 Å². The summed E-state index contributed by atoms with van der Waals surface area (Å²) in [5, 5.41) is 1.12. The number of esters is 1. The molecule has 21 heavy (non-hydrogen) atoms. The number of aryl methyl sites for hydroxylation is 1. The average Bonchev–Trinajstić information content (AvgIpc) is 2.83. The smallest absolute Gasteiger partial charge is 0.319 e. The van der Waals surface area contributed by atoms with Gasteiger partial charge in [0.25, 0.3) is 0 Å². The third-order valence-corrected chi connectivity index (χ3v) is 3.83. The average molecular weight is 287 g/mol. The first-order valence-corrected chi connectivity index (χ1v) is 7.13. The summed E-state index contributed by atoms with van der Waals surface area (Å²) in [4.78, 5) is 24.4. The number of ketones is 1. The minimum atomic E-state index is -1.13. The van der Waals surface area contributed by atoms with Crippen LogP contribution in [0.1, 0.15) is 26.3 Å². The fourth-order valence-corrected chi connectivity index (χ4v) is 2.29. The summed E-state index contributed by atoms with van der Waals surface area (Å²) in [5.41, 5.74) is 1.04. The van der Waals surface area contributed by atoms with Crippen molar-refractivity contribution < 1.29 is 14.3 Å². The molecule has 0 aliphatic heterocycles. The van der Waals surface area contributed by atoms with Crippen molar-refractivity contribution in [1.82, 2.24) is 4.57 Å². The first-order chi connectivity index (χ1) is 9.87. The molecule has 0 aliphatic rings. The van der Waals surface area contributed by atoms with Crippen molar-refractivity contribution in [3.8, 4) is 0 Å². The number of carbonyl (C=O) groups excluding carboxylic acids is 2. The third kappa shape index (κ3) is 2.84. The van der Waals surface area contributed by atoms with E-state index < -0.39 is 11.4 Å². The van der Waals surface area contributed by atoms with Crippen molar-refractivity contribution in [2.75, 3.05) is 6.61 Å². The van der Waals surface area contributed by atoms with Gasteiger partial charge in [-0.1, -0.05) is 12.1 Å². The molecule has 0 unspecified atom stereocenters. The van der Waals surface area contributed by atoms with E-state index in [1.54, 1.807) is 20.8 Å².